The molecule has 1 fully saturated rings. The number of hydrogen-bond acceptors (Lipinski definition) is 8. The third-order valence-electron chi connectivity index (χ3n) is 4.90. The summed E-state index contributed by atoms with van der Waals surface area (Å²) in [5.74, 6) is 0.765. The van der Waals surface area contributed by atoms with Crippen LogP contribution in [0.15, 0.2) is 41.6 Å². The lowest BCUT2D eigenvalue weighted by Gasteiger charge is -2.35. The molecule has 29 heavy (non-hydrogen) atoms. The first-order valence-electron chi connectivity index (χ1n) is 9.39. The van der Waals surface area contributed by atoms with Crippen LogP contribution < -0.4 is 10.2 Å². The predicted molar refractivity (Wildman–Crippen MR) is 110 cm³/mol. The molecule has 0 spiro atoms. The van der Waals surface area contributed by atoms with Crippen LogP contribution in [0.2, 0.25) is 0 Å². The molecule has 1 aromatic carbocycles. The van der Waals surface area contributed by atoms with Gasteiger partial charge in [0.25, 0.3) is 5.69 Å². The van der Waals surface area contributed by atoms with Gasteiger partial charge in [0.15, 0.2) is 0 Å². The first-order chi connectivity index (χ1) is 14.1. The molecule has 2 aliphatic heterocycles. The van der Waals surface area contributed by atoms with Crippen LogP contribution in [0.4, 0.5) is 22.1 Å². The summed E-state index contributed by atoms with van der Waals surface area (Å²) in [6.45, 7) is 5.05. The van der Waals surface area contributed by atoms with Gasteiger partial charge in [0.05, 0.1) is 15.5 Å². The summed E-state index contributed by atoms with van der Waals surface area (Å²) in [5, 5.41) is 13.8. The highest BCUT2D eigenvalue weighted by atomic mass is 32.2. The van der Waals surface area contributed by atoms with Crippen LogP contribution >= 0.6 is 11.9 Å². The molecule has 10 nitrogen and oxygen atoms in total. The number of anilines is 2. The van der Waals surface area contributed by atoms with E-state index < -0.39 is 4.92 Å². The molecule has 0 saturated carbocycles. The van der Waals surface area contributed by atoms with Crippen molar-refractivity contribution in [2.45, 2.75) is 11.3 Å². The number of nitro groups is 1. The highest BCUT2D eigenvalue weighted by Gasteiger charge is 2.26. The molecule has 0 aliphatic carbocycles. The number of nitro benzene ring substituents is 1. The number of amides is 2. The molecule has 1 saturated heterocycles. The number of carbonyl (C=O) groups excluding carboxylic acids is 1. The first kappa shape index (κ1) is 19.4. The summed E-state index contributed by atoms with van der Waals surface area (Å²) < 4.78 is 1.63. The van der Waals surface area contributed by atoms with Crippen molar-refractivity contribution >= 4 is 35.3 Å². The standard InChI is InChI=1S/C18H21N7O3S/c26-18-21-15-4-3-14(25(27)28)13-16(15)29-24(18)8-2-7-22-9-11-23(12-10-22)17-19-5-1-6-20-17/h1,3-6,13H,2,7-12H2,(H,21,26). The number of aromatic nitrogens is 2. The van der Waals surface area contributed by atoms with Crippen molar-refractivity contribution in [2.75, 3.05) is 49.5 Å². The maximum atomic E-state index is 12.3. The van der Waals surface area contributed by atoms with Crippen LogP contribution in [0.1, 0.15) is 6.42 Å². The second-order valence-electron chi connectivity index (χ2n) is 6.79. The number of nitrogens with zero attached hydrogens (tertiary/aromatic N) is 6. The van der Waals surface area contributed by atoms with E-state index in [0.29, 0.717) is 17.1 Å². The van der Waals surface area contributed by atoms with Gasteiger partial charge < -0.3 is 10.2 Å². The van der Waals surface area contributed by atoms with Crippen LogP contribution in [-0.4, -0.2) is 69.4 Å². The number of hydrogen-bond donors (Lipinski definition) is 1. The van der Waals surface area contributed by atoms with Gasteiger partial charge in [-0.1, -0.05) is 0 Å². The number of fused-ring (bicyclic) bond motifs is 1. The Balaban J connectivity index is 1.25. The molecule has 1 aromatic heterocycles. The molecule has 152 valence electrons. The molecule has 2 aromatic rings. The van der Waals surface area contributed by atoms with E-state index in [1.165, 1.54) is 24.1 Å². The molecule has 2 aliphatic rings. The monoisotopic (exact) mass is 415 g/mol. The zero-order chi connectivity index (χ0) is 20.2. The molecule has 2 amide bonds. The Kier molecular flexibility index (Phi) is 5.76. The van der Waals surface area contributed by atoms with E-state index in [4.69, 9.17) is 0 Å². The first-order valence-corrected chi connectivity index (χ1v) is 10.2. The van der Waals surface area contributed by atoms with E-state index in [0.717, 1.165) is 45.1 Å². The maximum absolute atomic E-state index is 12.3. The van der Waals surface area contributed by atoms with E-state index in [1.807, 2.05) is 6.07 Å². The van der Waals surface area contributed by atoms with Crippen molar-refractivity contribution in [3.05, 3.63) is 46.8 Å². The van der Waals surface area contributed by atoms with Gasteiger partial charge in [0.2, 0.25) is 5.95 Å². The van der Waals surface area contributed by atoms with E-state index in [-0.39, 0.29) is 11.7 Å². The second-order valence-corrected chi connectivity index (χ2v) is 7.86. The van der Waals surface area contributed by atoms with Gasteiger partial charge in [-0.25, -0.2) is 14.8 Å². The van der Waals surface area contributed by atoms with Gasteiger partial charge >= 0.3 is 6.03 Å². The zero-order valence-corrected chi connectivity index (χ0v) is 16.5. The Morgan fingerprint density at radius 1 is 1.14 bits per heavy atom. The quantitative estimate of drug-likeness (QED) is 0.435. The molecule has 4 rings (SSSR count). The van der Waals surface area contributed by atoms with Crippen LogP contribution in [0.3, 0.4) is 0 Å². The molecule has 0 unspecified atom stereocenters. The van der Waals surface area contributed by atoms with E-state index in [9.17, 15) is 14.9 Å². The fourth-order valence-electron chi connectivity index (χ4n) is 3.35. The average molecular weight is 415 g/mol. The second kappa shape index (κ2) is 8.62. The van der Waals surface area contributed by atoms with Gasteiger partial charge in [-0.2, -0.15) is 0 Å². The SMILES string of the molecule is O=C1Nc2ccc([N+](=O)[O-])cc2SN1CCCN1CCN(c2ncccn2)CC1. The van der Waals surface area contributed by atoms with E-state index >= 15 is 0 Å². The van der Waals surface area contributed by atoms with Gasteiger partial charge in [-0.05, 0) is 30.5 Å². The van der Waals surface area contributed by atoms with Crippen molar-refractivity contribution in [1.82, 2.24) is 19.2 Å². The smallest absolute Gasteiger partial charge is 0.332 e. The number of rotatable bonds is 6. The van der Waals surface area contributed by atoms with Crippen LogP contribution in [0, 0.1) is 10.1 Å². The number of urea groups is 1. The van der Waals surface area contributed by atoms with Crippen molar-refractivity contribution in [3.8, 4) is 0 Å². The zero-order valence-electron chi connectivity index (χ0n) is 15.7. The molecule has 3 heterocycles. The van der Waals surface area contributed by atoms with Crippen LogP contribution in [-0.2, 0) is 0 Å². The molecular formula is C18H21N7O3S. The molecule has 0 radical (unpaired) electrons. The van der Waals surface area contributed by atoms with Gasteiger partial charge in [-0.15, -0.1) is 0 Å². The average Bonchev–Trinajstić information content (AvgIpc) is 2.75. The number of piperazine rings is 1. The normalized spacial score (nSPS) is 17.0. The van der Waals surface area contributed by atoms with Gasteiger partial charge in [0, 0.05) is 63.8 Å². The Hall–Kier alpha value is -2.92. The maximum Gasteiger partial charge on any atom is 0.332 e. The van der Waals surface area contributed by atoms with Crippen LogP contribution in [0.25, 0.3) is 0 Å². The third-order valence-corrected chi connectivity index (χ3v) is 6.00. The summed E-state index contributed by atoms with van der Waals surface area (Å²) in [4.78, 5) is 36.6. The molecular weight excluding hydrogens is 394 g/mol. The molecule has 0 bridgehead atoms. The Labute approximate surface area is 172 Å². The number of carbonyl (C=O) groups is 1. The minimum Gasteiger partial charge on any atom is -0.338 e. The molecule has 1 N–H and O–H groups in total. The topological polar surface area (TPSA) is 108 Å². The minimum absolute atomic E-state index is 0.0209. The number of nitrogens with one attached hydrogen (secondary N) is 1. The summed E-state index contributed by atoms with van der Waals surface area (Å²) >= 11 is 1.25. The molecule has 0 atom stereocenters. The summed E-state index contributed by atoms with van der Waals surface area (Å²) in [5.41, 5.74) is 0.633. The van der Waals surface area contributed by atoms with Gasteiger partial charge in [0.1, 0.15) is 0 Å². The fourth-order valence-corrected chi connectivity index (χ4v) is 4.33. The Morgan fingerprint density at radius 3 is 2.62 bits per heavy atom. The van der Waals surface area contributed by atoms with Gasteiger partial charge in [-0.3, -0.25) is 19.3 Å². The Morgan fingerprint density at radius 2 is 1.90 bits per heavy atom. The van der Waals surface area contributed by atoms with Crippen molar-refractivity contribution < 1.29 is 9.72 Å². The summed E-state index contributed by atoms with van der Waals surface area (Å²) in [7, 11) is 0. The van der Waals surface area contributed by atoms with E-state index in [1.54, 1.807) is 22.8 Å². The van der Waals surface area contributed by atoms with Crippen molar-refractivity contribution in [2.24, 2.45) is 0 Å². The minimum atomic E-state index is -0.429. The third kappa shape index (κ3) is 4.57. The summed E-state index contributed by atoms with van der Waals surface area (Å²) in [6, 6.07) is 6.09. The van der Waals surface area contributed by atoms with E-state index in [2.05, 4.69) is 25.1 Å². The highest BCUT2D eigenvalue weighted by Crippen LogP contribution is 2.37. The van der Waals surface area contributed by atoms with Crippen molar-refractivity contribution in [1.29, 1.82) is 0 Å². The lowest BCUT2D eigenvalue weighted by molar-refractivity contribution is -0.385. The Bertz CT molecular complexity index is 890. The largest absolute Gasteiger partial charge is 0.338 e. The predicted octanol–water partition coefficient (Wildman–Crippen LogP) is 2.45. The highest BCUT2D eigenvalue weighted by molar-refractivity contribution is 7.97. The number of benzene rings is 1. The van der Waals surface area contributed by atoms with Crippen molar-refractivity contribution in [3.63, 3.8) is 0 Å². The molecule has 11 heteroatoms. The lowest BCUT2D eigenvalue weighted by Crippen LogP contribution is -2.47. The lowest BCUT2D eigenvalue weighted by atomic mass is 10.3. The fraction of sp³-hybridized carbons (Fsp3) is 0.389. The van der Waals surface area contributed by atoms with Crippen LogP contribution in [0.5, 0.6) is 0 Å². The number of non-ortho nitro benzene ring substituents is 1. The summed E-state index contributed by atoms with van der Waals surface area (Å²) in [6.07, 6.45) is 4.33.